The molecule has 1 aliphatic carbocycles. The van der Waals surface area contributed by atoms with Crippen LogP contribution >= 0.6 is 0 Å². The van der Waals surface area contributed by atoms with Gasteiger partial charge in [-0.2, -0.15) is 0 Å². The lowest BCUT2D eigenvalue weighted by Crippen LogP contribution is -2.20. The van der Waals surface area contributed by atoms with Gasteiger partial charge in [0.25, 0.3) is 0 Å². The zero-order valence-electron chi connectivity index (χ0n) is 13.7. The third-order valence-electron chi connectivity index (χ3n) is 4.13. The Hall–Kier alpha value is -2.96. The standard InChI is InChI=1S/C18H18FN3O3/c1-10-6-14(15(19)7-13(10)9-21-18(24)25)12-4-5-20-16(8-12)22-17(23)11-2-3-11/h4-8,11,21H,2-3,9H2,1H3,(H,24,25)(H,20,22,23). The number of anilines is 1. The first-order valence-electron chi connectivity index (χ1n) is 7.97. The van der Waals surface area contributed by atoms with Crippen molar-refractivity contribution < 1.29 is 19.1 Å². The molecule has 0 radical (unpaired) electrons. The summed E-state index contributed by atoms with van der Waals surface area (Å²) in [5.41, 5.74) is 2.31. The van der Waals surface area contributed by atoms with Crippen molar-refractivity contribution in [2.75, 3.05) is 5.32 Å². The van der Waals surface area contributed by atoms with Gasteiger partial charge in [-0.25, -0.2) is 14.2 Å². The molecule has 7 heteroatoms. The van der Waals surface area contributed by atoms with Crippen molar-refractivity contribution in [2.24, 2.45) is 5.92 Å². The van der Waals surface area contributed by atoms with Gasteiger partial charge in [0, 0.05) is 24.2 Å². The van der Waals surface area contributed by atoms with Gasteiger partial charge in [-0.15, -0.1) is 0 Å². The second-order valence-corrected chi connectivity index (χ2v) is 6.11. The number of hydrogen-bond acceptors (Lipinski definition) is 3. The maximum atomic E-state index is 14.5. The average molecular weight is 343 g/mol. The monoisotopic (exact) mass is 343 g/mol. The Kier molecular flexibility index (Phi) is 4.65. The third-order valence-corrected chi connectivity index (χ3v) is 4.13. The van der Waals surface area contributed by atoms with Crippen LogP contribution in [-0.4, -0.2) is 22.1 Å². The summed E-state index contributed by atoms with van der Waals surface area (Å²) < 4.78 is 14.5. The van der Waals surface area contributed by atoms with E-state index in [1.54, 1.807) is 25.1 Å². The van der Waals surface area contributed by atoms with Crippen molar-refractivity contribution in [3.05, 3.63) is 47.4 Å². The molecule has 1 saturated carbocycles. The van der Waals surface area contributed by atoms with E-state index in [0.29, 0.717) is 22.5 Å². The Labute approximate surface area is 144 Å². The van der Waals surface area contributed by atoms with Gasteiger partial charge in [0.1, 0.15) is 11.6 Å². The highest BCUT2D eigenvalue weighted by Gasteiger charge is 2.29. The predicted molar refractivity (Wildman–Crippen MR) is 90.6 cm³/mol. The highest BCUT2D eigenvalue weighted by Crippen LogP contribution is 2.31. The molecule has 2 aromatic rings. The number of aryl methyl sites for hydroxylation is 1. The van der Waals surface area contributed by atoms with E-state index in [4.69, 9.17) is 5.11 Å². The van der Waals surface area contributed by atoms with Crippen LogP contribution in [0.2, 0.25) is 0 Å². The number of hydrogen-bond donors (Lipinski definition) is 3. The molecule has 0 unspecified atom stereocenters. The number of carbonyl (C=O) groups is 2. The molecule has 6 nitrogen and oxygen atoms in total. The molecule has 3 N–H and O–H groups in total. The largest absolute Gasteiger partial charge is 0.465 e. The number of carboxylic acid groups (broad SMARTS) is 1. The molecule has 0 aliphatic heterocycles. The third kappa shape index (κ3) is 4.12. The topological polar surface area (TPSA) is 91.3 Å². The number of nitrogens with zero attached hydrogens (tertiary/aromatic N) is 1. The molecular weight excluding hydrogens is 325 g/mol. The van der Waals surface area contributed by atoms with Gasteiger partial charge in [-0.1, -0.05) is 0 Å². The molecule has 0 spiro atoms. The van der Waals surface area contributed by atoms with E-state index in [-0.39, 0.29) is 18.4 Å². The highest BCUT2D eigenvalue weighted by atomic mass is 19.1. The summed E-state index contributed by atoms with van der Waals surface area (Å²) in [4.78, 5) is 26.5. The predicted octanol–water partition coefficient (Wildman–Crippen LogP) is 3.31. The Morgan fingerprint density at radius 1 is 1.32 bits per heavy atom. The molecule has 1 fully saturated rings. The zero-order chi connectivity index (χ0) is 18.0. The van der Waals surface area contributed by atoms with Crippen LogP contribution in [0.25, 0.3) is 11.1 Å². The minimum absolute atomic E-state index is 0.0391. The lowest BCUT2D eigenvalue weighted by molar-refractivity contribution is -0.117. The van der Waals surface area contributed by atoms with Gasteiger partial charge in [0.05, 0.1) is 0 Å². The van der Waals surface area contributed by atoms with Crippen molar-refractivity contribution in [2.45, 2.75) is 26.3 Å². The summed E-state index contributed by atoms with van der Waals surface area (Å²) in [6.07, 6.45) is 2.15. The fraction of sp³-hybridized carbons (Fsp3) is 0.278. The number of halogens is 1. The summed E-state index contributed by atoms with van der Waals surface area (Å²) in [5.74, 6) is -0.0663. The summed E-state index contributed by atoms with van der Waals surface area (Å²) in [5, 5.41) is 13.6. The normalized spacial score (nSPS) is 13.4. The van der Waals surface area contributed by atoms with Gasteiger partial charge >= 0.3 is 6.09 Å². The van der Waals surface area contributed by atoms with Crippen LogP contribution in [0.3, 0.4) is 0 Å². The van der Waals surface area contributed by atoms with E-state index in [1.165, 1.54) is 12.3 Å². The maximum absolute atomic E-state index is 14.5. The van der Waals surface area contributed by atoms with Crippen LogP contribution in [0.4, 0.5) is 15.0 Å². The van der Waals surface area contributed by atoms with Gasteiger partial charge in [-0.05, 0) is 60.7 Å². The van der Waals surface area contributed by atoms with Crippen LogP contribution in [-0.2, 0) is 11.3 Å². The zero-order valence-corrected chi connectivity index (χ0v) is 13.7. The minimum atomic E-state index is -1.16. The molecule has 1 aliphatic rings. The molecule has 25 heavy (non-hydrogen) atoms. The highest BCUT2D eigenvalue weighted by molar-refractivity contribution is 5.93. The minimum Gasteiger partial charge on any atom is -0.465 e. The lowest BCUT2D eigenvalue weighted by Gasteiger charge is -2.11. The fourth-order valence-corrected chi connectivity index (χ4v) is 2.55. The quantitative estimate of drug-likeness (QED) is 0.777. The van der Waals surface area contributed by atoms with Crippen LogP contribution < -0.4 is 10.6 Å². The van der Waals surface area contributed by atoms with Crippen molar-refractivity contribution >= 4 is 17.8 Å². The molecule has 0 saturated heterocycles. The van der Waals surface area contributed by atoms with Crippen molar-refractivity contribution in [1.29, 1.82) is 0 Å². The number of benzene rings is 1. The Bertz CT molecular complexity index is 834. The number of aromatic nitrogens is 1. The second kappa shape index (κ2) is 6.88. The summed E-state index contributed by atoms with van der Waals surface area (Å²) >= 11 is 0. The van der Waals surface area contributed by atoms with Crippen LogP contribution in [0, 0.1) is 18.7 Å². The first kappa shape index (κ1) is 16.9. The molecule has 1 heterocycles. The Morgan fingerprint density at radius 2 is 2.08 bits per heavy atom. The molecule has 0 bridgehead atoms. The van der Waals surface area contributed by atoms with E-state index in [2.05, 4.69) is 15.6 Å². The lowest BCUT2D eigenvalue weighted by atomic mass is 9.99. The van der Waals surface area contributed by atoms with E-state index < -0.39 is 11.9 Å². The number of carbonyl (C=O) groups excluding carboxylic acids is 1. The number of amides is 2. The summed E-state index contributed by atoms with van der Waals surface area (Å²) in [6.45, 7) is 1.83. The first-order chi connectivity index (χ1) is 11.9. The van der Waals surface area contributed by atoms with Crippen LogP contribution in [0.1, 0.15) is 24.0 Å². The molecule has 3 rings (SSSR count). The SMILES string of the molecule is Cc1cc(-c2ccnc(NC(=O)C3CC3)c2)c(F)cc1CNC(=O)O. The number of pyridine rings is 1. The van der Waals surface area contributed by atoms with Gasteiger partial charge in [0.15, 0.2) is 0 Å². The average Bonchev–Trinajstić information content (AvgIpc) is 3.40. The molecule has 0 atom stereocenters. The van der Waals surface area contributed by atoms with Gasteiger partial charge in [-0.3, -0.25) is 4.79 Å². The second-order valence-electron chi connectivity index (χ2n) is 6.11. The molecule has 1 aromatic carbocycles. The van der Waals surface area contributed by atoms with E-state index in [1.807, 2.05) is 0 Å². The Morgan fingerprint density at radius 3 is 2.76 bits per heavy atom. The summed E-state index contributed by atoms with van der Waals surface area (Å²) in [6, 6.07) is 6.28. The van der Waals surface area contributed by atoms with Crippen molar-refractivity contribution in [3.8, 4) is 11.1 Å². The molecule has 1 aromatic heterocycles. The first-order valence-corrected chi connectivity index (χ1v) is 7.97. The molecule has 2 amide bonds. The van der Waals surface area contributed by atoms with E-state index >= 15 is 0 Å². The van der Waals surface area contributed by atoms with Crippen molar-refractivity contribution in [1.82, 2.24) is 10.3 Å². The molecule has 130 valence electrons. The fourth-order valence-electron chi connectivity index (χ4n) is 2.55. The van der Waals surface area contributed by atoms with Crippen molar-refractivity contribution in [3.63, 3.8) is 0 Å². The Balaban J connectivity index is 1.84. The number of rotatable bonds is 5. The van der Waals surface area contributed by atoms with Crippen LogP contribution in [0.5, 0.6) is 0 Å². The molecular formula is C18H18FN3O3. The number of nitrogens with one attached hydrogen (secondary N) is 2. The van der Waals surface area contributed by atoms with E-state index in [9.17, 15) is 14.0 Å². The smallest absolute Gasteiger partial charge is 0.404 e. The van der Waals surface area contributed by atoms with E-state index in [0.717, 1.165) is 18.4 Å². The van der Waals surface area contributed by atoms with Crippen LogP contribution in [0.15, 0.2) is 30.5 Å². The maximum Gasteiger partial charge on any atom is 0.404 e. The summed E-state index contributed by atoms with van der Waals surface area (Å²) in [7, 11) is 0. The van der Waals surface area contributed by atoms with Gasteiger partial charge in [0.2, 0.25) is 5.91 Å². The van der Waals surface area contributed by atoms with Gasteiger partial charge < -0.3 is 15.7 Å².